The van der Waals surface area contributed by atoms with Crippen LogP contribution in [-0.2, 0) is 4.79 Å². The van der Waals surface area contributed by atoms with Gasteiger partial charge in [-0.3, -0.25) is 19.4 Å². The van der Waals surface area contributed by atoms with Crippen molar-refractivity contribution < 1.29 is 9.59 Å². The lowest BCUT2D eigenvalue weighted by Gasteiger charge is -2.33. The van der Waals surface area contributed by atoms with Crippen molar-refractivity contribution in [3.8, 4) is 0 Å². The fourth-order valence-electron chi connectivity index (χ4n) is 2.52. The van der Waals surface area contributed by atoms with Crippen LogP contribution >= 0.6 is 23.4 Å². The van der Waals surface area contributed by atoms with E-state index in [-0.39, 0.29) is 11.1 Å². The average molecular weight is 352 g/mol. The quantitative estimate of drug-likeness (QED) is 0.783. The first-order chi connectivity index (χ1) is 11.0. The molecular weight excluding hydrogens is 334 g/mol. The molecule has 1 aromatic rings. The van der Waals surface area contributed by atoms with Gasteiger partial charge in [0.15, 0.2) is 0 Å². The molecule has 0 saturated carbocycles. The molecule has 0 N–H and O–H groups in total. The predicted molar refractivity (Wildman–Crippen MR) is 93.2 cm³/mol. The Kier molecular flexibility index (Phi) is 5.06. The molecule has 122 valence electrons. The number of carbonyl (C=O) groups excluding carboxylic acids is 2. The summed E-state index contributed by atoms with van der Waals surface area (Å²) in [6.07, 6.45) is 1.74. The molecule has 3 rings (SSSR count). The van der Waals surface area contributed by atoms with Crippen LogP contribution in [0.2, 0.25) is 5.02 Å². The minimum atomic E-state index is -0.214. The van der Waals surface area contributed by atoms with E-state index in [0.29, 0.717) is 16.6 Å². The minimum absolute atomic E-state index is 0.200. The Morgan fingerprint density at radius 1 is 1.13 bits per heavy atom. The summed E-state index contributed by atoms with van der Waals surface area (Å²) in [6.45, 7) is 4.02. The second-order valence-electron chi connectivity index (χ2n) is 5.72. The van der Waals surface area contributed by atoms with Crippen molar-refractivity contribution in [3.63, 3.8) is 0 Å². The molecule has 23 heavy (non-hydrogen) atoms. The molecule has 0 unspecified atom stereocenters. The van der Waals surface area contributed by atoms with Crippen molar-refractivity contribution in [2.24, 2.45) is 0 Å². The van der Waals surface area contributed by atoms with E-state index in [1.807, 2.05) is 12.1 Å². The number of hydrogen-bond donors (Lipinski definition) is 0. The highest BCUT2D eigenvalue weighted by atomic mass is 35.5. The summed E-state index contributed by atoms with van der Waals surface area (Å²) < 4.78 is 0. The molecule has 2 aliphatic heterocycles. The zero-order valence-electron chi connectivity index (χ0n) is 12.9. The maximum absolute atomic E-state index is 12.5. The van der Waals surface area contributed by atoms with Gasteiger partial charge in [-0.1, -0.05) is 23.7 Å². The van der Waals surface area contributed by atoms with Gasteiger partial charge in [-0.25, -0.2) is 0 Å². The van der Waals surface area contributed by atoms with Gasteiger partial charge >= 0.3 is 0 Å². The van der Waals surface area contributed by atoms with Gasteiger partial charge < -0.3 is 4.90 Å². The molecule has 0 bridgehead atoms. The summed E-state index contributed by atoms with van der Waals surface area (Å²) in [6, 6.07) is 7.19. The standard InChI is InChI=1S/C16H18ClN3O2S/c1-18-6-8-19(9-7-18)11-20-15(21)14(23-16(20)22)10-12-2-4-13(17)5-3-12/h2-5,10H,6-9,11H2,1H3/b14-10+. The fraction of sp³-hybridized carbons (Fsp3) is 0.375. The number of likely N-dealkylation sites (N-methyl/N-ethyl adjacent to an activating group) is 1. The van der Waals surface area contributed by atoms with E-state index in [0.717, 1.165) is 43.5 Å². The summed E-state index contributed by atoms with van der Waals surface area (Å²) in [4.78, 5) is 30.8. The Hall–Kier alpha value is -1.34. The number of imide groups is 1. The normalized spacial score (nSPS) is 22.3. The third-order valence-corrected chi connectivity index (χ3v) is 5.14. The van der Waals surface area contributed by atoms with E-state index < -0.39 is 0 Å². The Labute approximate surface area is 144 Å². The summed E-state index contributed by atoms with van der Waals surface area (Å²) in [7, 11) is 2.08. The molecular formula is C16H18ClN3O2S. The second kappa shape index (κ2) is 7.05. The lowest BCUT2D eigenvalue weighted by Crippen LogP contribution is -2.49. The van der Waals surface area contributed by atoms with Gasteiger partial charge in [0.1, 0.15) is 0 Å². The van der Waals surface area contributed by atoms with Crippen molar-refractivity contribution in [2.75, 3.05) is 39.9 Å². The van der Waals surface area contributed by atoms with Crippen LogP contribution in [0.3, 0.4) is 0 Å². The number of amides is 2. The van der Waals surface area contributed by atoms with Crippen LogP contribution in [0.5, 0.6) is 0 Å². The van der Waals surface area contributed by atoms with Crippen LogP contribution in [0.15, 0.2) is 29.2 Å². The molecule has 0 aliphatic carbocycles. The van der Waals surface area contributed by atoms with Gasteiger partial charge in [-0.2, -0.15) is 0 Å². The Morgan fingerprint density at radius 2 is 1.78 bits per heavy atom. The molecule has 1 aromatic carbocycles. The van der Waals surface area contributed by atoms with E-state index in [1.54, 1.807) is 18.2 Å². The molecule has 7 heteroatoms. The van der Waals surface area contributed by atoms with Crippen molar-refractivity contribution in [1.82, 2.24) is 14.7 Å². The van der Waals surface area contributed by atoms with Crippen molar-refractivity contribution in [3.05, 3.63) is 39.8 Å². The molecule has 2 fully saturated rings. The monoisotopic (exact) mass is 351 g/mol. The highest BCUT2D eigenvalue weighted by molar-refractivity contribution is 8.18. The Balaban J connectivity index is 1.68. The SMILES string of the molecule is CN1CCN(CN2C(=O)S/C(=C/c3ccc(Cl)cc3)C2=O)CC1. The first-order valence-electron chi connectivity index (χ1n) is 7.45. The van der Waals surface area contributed by atoms with Gasteiger partial charge in [-0.15, -0.1) is 0 Å². The summed E-state index contributed by atoms with van der Waals surface area (Å²) in [5.41, 5.74) is 0.861. The van der Waals surface area contributed by atoms with Crippen LogP contribution < -0.4 is 0 Å². The molecule has 2 aliphatic rings. The number of hydrogen-bond acceptors (Lipinski definition) is 5. The number of piperazine rings is 1. The Bertz CT molecular complexity index is 639. The third-order valence-electron chi connectivity index (χ3n) is 3.98. The molecule has 5 nitrogen and oxygen atoms in total. The Morgan fingerprint density at radius 3 is 2.43 bits per heavy atom. The van der Waals surface area contributed by atoms with Gasteiger partial charge in [0.05, 0.1) is 11.6 Å². The number of rotatable bonds is 3. The van der Waals surface area contributed by atoms with Crippen LogP contribution in [0.25, 0.3) is 6.08 Å². The number of carbonyl (C=O) groups is 2. The third kappa shape index (κ3) is 3.95. The number of nitrogens with zero attached hydrogens (tertiary/aromatic N) is 3. The molecule has 2 amide bonds. The lowest BCUT2D eigenvalue weighted by atomic mass is 10.2. The van der Waals surface area contributed by atoms with E-state index in [2.05, 4.69) is 16.8 Å². The van der Waals surface area contributed by atoms with Crippen LogP contribution in [0.4, 0.5) is 4.79 Å². The summed E-state index contributed by atoms with van der Waals surface area (Å²) in [5, 5.41) is 0.444. The van der Waals surface area contributed by atoms with Gasteiger partial charge in [0.25, 0.3) is 11.1 Å². The van der Waals surface area contributed by atoms with Gasteiger partial charge in [-0.05, 0) is 42.6 Å². The number of thioether (sulfide) groups is 1. The summed E-state index contributed by atoms with van der Waals surface area (Å²) >= 11 is 6.86. The van der Waals surface area contributed by atoms with Crippen LogP contribution in [0.1, 0.15) is 5.56 Å². The molecule has 0 aromatic heterocycles. The summed E-state index contributed by atoms with van der Waals surface area (Å²) in [5.74, 6) is -0.214. The highest BCUT2D eigenvalue weighted by Crippen LogP contribution is 2.32. The smallest absolute Gasteiger partial charge is 0.294 e. The van der Waals surface area contributed by atoms with Crippen LogP contribution in [0, 0.1) is 0 Å². The maximum Gasteiger partial charge on any atom is 0.294 e. The molecule has 0 atom stereocenters. The molecule has 0 spiro atoms. The van der Waals surface area contributed by atoms with E-state index in [1.165, 1.54) is 4.90 Å². The molecule has 2 saturated heterocycles. The fourth-order valence-corrected chi connectivity index (χ4v) is 3.48. The van der Waals surface area contributed by atoms with Crippen molar-refractivity contribution >= 4 is 40.6 Å². The molecule has 0 radical (unpaired) electrons. The van der Waals surface area contributed by atoms with Crippen molar-refractivity contribution in [1.29, 1.82) is 0 Å². The van der Waals surface area contributed by atoms with E-state index >= 15 is 0 Å². The highest BCUT2D eigenvalue weighted by Gasteiger charge is 2.36. The largest absolute Gasteiger partial charge is 0.304 e. The van der Waals surface area contributed by atoms with Crippen molar-refractivity contribution in [2.45, 2.75) is 0 Å². The zero-order valence-corrected chi connectivity index (χ0v) is 14.4. The van der Waals surface area contributed by atoms with E-state index in [4.69, 9.17) is 11.6 Å². The zero-order chi connectivity index (χ0) is 16.4. The topological polar surface area (TPSA) is 43.9 Å². The second-order valence-corrected chi connectivity index (χ2v) is 7.15. The minimum Gasteiger partial charge on any atom is -0.304 e. The average Bonchev–Trinajstić information content (AvgIpc) is 2.79. The first kappa shape index (κ1) is 16.5. The predicted octanol–water partition coefficient (Wildman–Crippen LogP) is 2.58. The number of halogens is 1. The van der Waals surface area contributed by atoms with Crippen LogP contribution in [-0.4, -0.2) is 65.7 Å². The first-order valence-corrected chi connectivity index (χ1v) is 8.64. The number of benzene rings is 1. The lowest BCUT2D eigenvalue weighted by molar-refractivity contribution is -0.124. The van der Waals surface area contributed by atoms with Gasteiger partial charge in [0, 0.05) is 31.2 Å². The molecule has 2 heterocycles. The maximum atomic E-state index is 12.5. The van der Waals surface area contributed by atoms with E-state index in [9.17, 15) is 9.59 Å². The van der Waals surface area contributed by atoms with Gasteiger partial charge in [0.2, 0.25) is 0 Å².